The second-order valence-corrected chi connectivity index (χ2v) is 4.60. The van der Waals surface area contributed by atoms with Crippen LogP contribution in [0.2, 0.25) is 0 Å². The van der Waals surface area contributed by atoms with Gasteiger partial charge in [0, 0.05) is 10.8 Å². The number of hydrogen-bond acceptors (Lipinski definition) is 4. The molecule has 100 valence electrons. The molecule has 0 saturated carbocycles. The molecule has 0 heterocycles. The van der Waals surface area contributed by atoms with Crippen molar-refractivity contribution in [3.05, 3.63) is 36.4 Å². The van der Waals surface area contributed by atoms with Crippen molar-refractivity contribution < 1.29 is 9.84 Å². The molecule has 0 spiro atoms. The van der Waals surface area contributed by atoms with Gasteiger partial charge in [-0.15, -0.1) is 0 Å². The van der Waals surface area contributed by atoms with E-state index in [1.807, 2.05) is 43.3 Å². The number of fused-ring (bicyclic) bond motifs is 1. The molecule has 0 saturated heterocycles. The number of benzene rings is 2. The third-order valence-corrected chi connectivity index (χ3v) is 3.12. The van der Waals surface area contributed by atoms with E-state index in [0.29, 0.717) is 6.42 Å². The standard InChI is InChI=1S/C15H18N2O2/c1-4-15(2,18)17-16-13-9-10-14(19-3)12-8-6-5-7-11(12)13/h5-10,18H,4H2,1-3H3/b17-16+. The summed E-state index contributed by atoms with van der Waals surface area (Å²) >= 11 is 0. The van der Waals surface area contributed by atoms with E-state index in [0.717, 1.165) is 22.2 Å². The van der Waals surface area contributed by atoms with Gasteiger partial charge in [0.25, 0.3) is 0 Å². The van der Waals surface area contributed by atoms with Gasteiger partial charge in [0.15, 0.2) is 5.72 Å². The smallest absolute Gasteiger partial charge is 0.173 e. The first-order valence-corrected chi connectivity index (χ1v) is 6.28. The first-order valence-electron chi connectivity index (χ1n) is 6.28. The van der Waals surface area contributed by atoms with Gasteiger partial charge in [-0.25, -0.2) is 0 Å². The number of methoxy groups -OCH3 is 1. The molecule has 1 N–H and O–H groups in total. The molecule has 2 rings (SSSR count). The highest BCUT2D eigenvalue weighted by Gasteiger charge is 2.15. The molecule has 0 aliphatic carbocycles. The van der Waals surface area contributed by atoms with Gasteiger partial charge in [0.2, 0.25) is 0 Å². The lowest BCUT2D eigenvalue weighted by atomic mass is 10.1. The Kier molecular flexibility index (Phi) is 3.81. The summed E-state index contributed by atoms with van der Waals surface area (Å²) in [5, 5.41) is 20.0. The summed E-state index contributed by atoms with van der Waals surface area (Å²) in [4.78, 5) is 0. The van der Waals surface area contributed by atoms with Gasteiger partial charge < -0.3 is 9.84 Å². The van der Waals surface area contributed by atoms with Gasteiger partial charge in [-0.05, 0) is 25.5 Å². The Morgan fingerprint density at radius 2 is 1.84 bits per heavy atom. The molecule has 19 heavy (non-hydrogen) atoms. The van der Waals surface area contributed by atoms with Crippen molar-refractivity contribution in [2.45, 2.75) is 26.0 Å². The molecule has 4 nitrogen and oxygen atoms in total. The molecule has 2 aromatic rings. The second-order valence-electron chi connectivity index (χ2n) is 4.60. The Balaban J connectivity index is 2.51. The Morgan fingerprint density at radius 3 is 2.47 bits per heavy atom. The summed E-state index contributed by atoms with van der Waals surface area (Å²) in [6.45, 7) is 3.51. The minimum atomic E-state index is -1.12. The largest absolute Gasteiger partial charge is 0.496 e. The summed E-state index contributed by atoms with van der Waals surface area (Å²) in [7, 11) is 1.64. The van der Waals surface area contributed by atoms with E-state index in [1.54, 1.807) is 14.0 Å². The zero-order valence-electron chi connectivity index (χ0n) is 11.4. The molecule has 2 aromatic carbocycles. The molecule has 1 atom stereocenters. The third-order valence-electron chi connectivity index (χ3n) is 3.12. The molecule has 0 aliphatic heterocycles. The van der Waals surface area contributed by atoms with Crippen LogP contribution in [-0.2, 0) is 0 Å². The van der Waals surface area contributed by atoms with Crippen LogP contribution in [0.25, 0.3) is 10.8 Å². The average Bonchev–Trinajstić information content (AvgIpc) is 2.44. The maximum atomic E-state index is 9.87. The molecular formula is C15H18N2O2. The highest BCUT2D eigenvalue weighted by atomic mass is 16.5. The quantitative estimate of drug-likeness (QED) is 0.841. The van der Waals surface area contributed by atoms with Crippen LogP contribution in [0.15, 0.2) is 46.6 Å². The molecule has 1 unspecified atom stereocenters. The lowest BCUT2D eigenvalue weighted by molar-refractivity contribution is 0.0586. The minimum Gasteiger partial charge on any atom is -0.496 e. The summed E-state index contributed by atoms with van der Waals surface area (Å²) in [6, 6.07) is 11.5. The first-order chi connectivity index (χ1) is 9.07. The fraction of sp³-hybridized carbons (Fsp3) is 0.333. The maximum absolute atomic E-state index is 9.87. The zero-order valence-corrected chi connectivity index (χ0v) is 11.4. The van der Waals surface area contributed by atoms with Gasteiger partial charge >= 0.3 is 0 Å². The van der Waals surface area contributed by atoms with E-state index in [-0.39, 0.29) is 0 Å². The predicted molar refractivity (Wildman–Crippen MR) is 75.9 cm³/mol. The van der Waals surface area contributed by atoms with Gasteiger partial charge in [-0.1, -0.05) is 31.2 Å². The molecule has 0 radical (unpaired) electrons. The van der Waals surface area contributed by atoms with E-state index in [9.17, 15) is 5.11 Å². The third kappa shape index (κ3) is 2.90. The lowest BCUT2D eigenvalue weighted by Crippen LogP contribution is -2.17. The van der Waals surface area contributed by atoms with Crippen molar-refractivity contribution in [2.24, 2.45) is 10.2 Å². The van der Waals surface area contributed by atoms with Crippen molar-refractivity contribution in [2.75, 3.05) is 7.11 Å². The van der Waals surface area contributed by atoms with Gasteiger partial charge in [-0.2, -0.15) is 10.2 Å². The molecule has 4 heteroatoms. The summed E-state index contributed by atoms with van der Waals surface area (Å²) in [5.74, 6) is 0.803. The molecule has 0 amide bonds. The fourth-order valence-corrected chi connectivity index (χ4v) is 1.75. The first kappa shape index (κ1) is 13.5. The van der Waals surface area contributed by atoms with Crippen molar-refractivity contribution in [1.29, 1.82) is 0 Å². The molecule has 0 fully saturated rings. The van der Waals surface area contributed by atoms with Crippen LogP contribution in [0.4, 0.5) is 5.69 Å². The maximum Gasteiger partial charge on any atom is 0.173 e. The number of aliphatic hydroxyl groups is 1. The van der Waals surface area contributed by atoms with Crippen molar-refractivity contribution >= 4 is 16.5 Å². The lowest BCUT2D eigenvalue weighted by Gasteiger charge is -2.13. The van der Waals surface area contributed by atoms with Crippen molar-refractivity contribution in [3.8, 4) is 5.75 Å². The zero-order chi connectivity index (χ0) is 13.9. The van der Waals surface area contributed by atoms with Crippen molar-refractivity contribution in [3.63, 3.8) is 0 Å². The summed E-state index contributed by atoms with van der Waals surface area (Å²) in [6.07, 6.45) is 0.518. The SMILES string of the molecule is CCC(C)(O)/N=N/c1ccc(OC)c2ccccc12. The van der Waals surface area contributed by atoms with E-state index >= 15 is 0 Å². The Bertz CT molecular complexity index is 606. The number of azo groups is 1. The number of rotatable bonds is 4. The predicted octanol–water partition coefficient (Wildman–Crippen LogP) is 4.05. The van der Waals surface area contributed by atoms with Crippen LogP contribution in [0.5, 0.6) is 5.75 Å². The van der Waals surface area contributed by atoms with Crippen LogP contribution in [-0.4, -0.2) is 17.9 Å². The monoisotopic (exact) mass is 258 g/mol. The van der Waals surface area contributed by atoms with Gasteiger partial charge in [0.05, 0.1) is 12.8 Å². The second kappa shape index (κ2) is 5.36. The number of hydrogen-bond donors (Lipinski definition) is 1. The van der Waals surface area contributed by atoms with E-state index < -0.39 is 5.72 Å². The Labute approximate surface area is 112 Å². The van der Waals surface area contributed by atoms with E-state index in [1.165, 1.54) is 0 Å². The normalized spacial score (nSPS) is 14.7. The molecule has 0 aliphatic rings. The Hall–Kier alpha value is -1.94. The molecule has 0 bridgehead atoms. The summed E-state index contributed by atoms with van der Waals surface area (Å²) < 4.78 is 5.33. The topological polar surface area (TPSA) is 54.2 Å². The minimum absolute atomic E-state index is 0.518. The van der Waals surface area contributed by atoms with E-state index in [2.05, 4.69) is 10.2 Å². The van der Waals surface area contributed by atoms with Crippen LogP contribution in [0, 0.1) is 0 Å². The molecule has 0 aromatic heterocycles. The highest BCUT2D eigenvalue weighted by Crippen LogP contribution is 2.33. The van der Waals surface area contributed by atoms with Crippen LogP contribution in [0.1, 0.15) is 20.3 Å². The van der Waals surface area contributed by atoms with Crippen LogP contribution in [0.3, 0.4) is 0 Å². The number of ether oxygens (including phenoxy) is 1. The fourth-order valence-electron chi connectivity index (χ4n) is 1.75. The van der Waals surface area contributed by atoms with Crippen LogP contribution < -0.4 is 4.74 Å². The average molecular weight is 258 g/mol. The highest BCUT2D eigenvalue weighted by molar-refractivity contribution is 5.96. The summed E-state index contributed by atoms with van der Waals surface area (Å²) in [5.41, 5.74) is -0.397. The van der Waals surface area contributed by atoms with Gasteiger partial charge in [-0.3, -0.25) is 0 Å². The van der Waals surface area contributed by atoms with E-state index in [4.69, 9.17) is 4.74 Å². The van der Waals surface area contributed by atoms with Crippen LogP contribution >= 0.6 is 0 Å². The number of nitrogens with zero attached hydrogens (tertiary/aromatic N) is 2. The Morgan fingerprint density at radius 1 is 1.16 bits per heavy atom. The molecular weight excluding hydrogens is 240 g/mol. The van der Waals surface area contributed by atoms with Gasteiger partial charge in [0.1, 0.15) is 5.75 Å². The van der Waals surface area contributed by atoms with Crippen molar-refractivity contribution in [1.82, 2.24) is 0 Å².